The fourth-order valence-electron chi connectivity index (χ4n) is 6.86. The maximum atomic E-state index is 2.86. The lowest BCUT2D eigenvalue weighted by Crippen LogP contribution is -2.48. The third-order valence-electron chi connectivity index (χ3n) is 8.55. The van der Waals surface area contributed by atoms with E-state index in [1.807, 2.05) is 0 Å². The normalized spacial score (nSPS) is 27.0. The highest BCUT2D eigenvalue weighted by atomic mass is 15.7. The van der Waals surface area contributed by atoms with Crippen molar-refractivity contribution in [3.8, 4) is 0 Å². The molecule has 0 radical (unpaired) electrons. The lowest BCUT2D eigenvalue weighted by Gasteiger charge is -2.41. The third-order valence-corrected chi connectivity index (χ3v) is 8.55. The van der Waals surface area contributed by atoms with Crippen molar-refractivity contribution in [2.75, 3.05) is 7.05 Å². The van der Waals surface area contributed by atoms with Crippen LogP contribution in [0.2, 0.25) is 0 Å². The standard InChI is InChI=1S/C30H54N2/c1-4-6-25-29-28(20-5-2)30(26-21-16-12-10-11-13-17-22-26)31(3)32(29)27-23-18-14-8-7-9-15-19-24-27/h5,20,26-27,30H,4,6-19,21-25H2,1-3H3/b20-5-. The Hall–Kier alpha value is -0.760. The Morgan fingerprint density at radius 2 is 1.25 bits per heavy atom. The van der Waals surface area contributed by atoms with Gasteiger partial charge in [-0.2, -0.15) is 0 Å². The zero-order valence-electron chi connectivity index (χ0n) is 21.9. The van der Waals surface area contributed by atoms with Gasteiger partial charge in [0.05, 0.1) is 6.04 Å². The molecule has 0 aromatic rings. The Morgan fingerprint density at radius 3 is 1.75 bits per heavy atom. The Labute approximate surface area is 200 Å². The molecule has 2 heteroatoms. The predicted octanol–water partition coefficient (Wildman–Crippen LogP) is 9.18. The number of rotatable bonds is 6. The van der Waals surface area contributed by atoms with Gasteiger partial charge in [-0.05, 0) is 56.9 Å². The minimum atomic E-state index is 0.603. The molecule has 0 amide bonds. The molecular formula is C30H54N2. The van der Waals surface area contributed by atoms with Crippen molar-refractivity contribution in [3.05, 3.63) is 23.4 Å². The van der Waals surface area contributed by atoms with Crippen molar-refractivity contribution < 1.29 is 0 Å². The smallest absolute Gasteiger partial charge is 0.0585 e. The molecule has 3 rings (SSSR count). The summed E-state index contributed by atoms with van der Waals surface area (Å²) in [4.78, 5) is 0. The molecule has 1 unspecified atom stereocenters. The van der Waals surface area contributed by atoms with Crippen LogP contribution < -0.4 is 0 Å². The van der Waals surface area contributed by atoms with Gasteiger partial charge in [-0.25, -0.2) is 5.01 Å². The van der Waals surface area contributed by atoms with Crippen molar-refractivity contribution in [1.29, 1.82) is 0 Å². The summed E-state index contributed by atoms with van der Waals surface area (Å²) in [6, 6.07) is 1.32. The number of nitrogens with zero attached hydrogens (tertiary/aromatic N) is 2. The van der Waals surface area contributed by atoms with E-state index in [4.69, 9.17) is 0 Å². The van der Waals surface area contributed by atoms with Crippen molar-refractivity contribution in [2.45, 2.75) is 154 Å². The zero-order chi connectivity index (χ0) is 22.6. The highest BCUT2D eigenvalue weighted by molar-refractivity contribution is 5.35. The molecular weight excluding hydrogens is 388 g/mol. The van der Waals surface area contributed by atoms with Gasteiger partial charge in [0.15, 0.2) is 0 Å². The van der Waals surface area contributed by atoms with E-state index in [0.717, 1.165) is 5.92 Å². The molecule has 0 aromatic carbocycles. The van der Waals surface area contributed by atoms with Gasteiger partial charge in [-0.3, -0.25) is 0 Å². The summed E-state index contributed by atoms with van der Waals surface area (Å²) in [6.45, 7) is 4.59. The second-order valence-corrected chi connectivity index (χ2v) is 11.0. The van der Waals surface area contributed by atoms with Crippen molar-refractivity contribution >= 4 is 0 Å². The molecule has 184 valence electrons. The second kappa shape index (κ2) is 14.5. The highest BCUT2D eigenvalue weighted by Crippen LogP contribution is 2.42. The van der Waals surface area contributed by atoms with Crippen LogP contribution in [0.25, 0.3) is 0 Å². The first-order valence-electron chi connectivity index (χ1n) is 14.7. The Balaban J connectivity index is 1.89. The van der Waals surface area contributed by atoms with Gasteiger partial charge in [0.2, 0.25) is 0 Å². The molecule has 1 atom stereocenters. The van der Waals surface area contributed by atoms with Crippen molar-refractivity contribution in [2.24, 2.45) is 5.92 Å². The van der Waals surface area contributed by atoms with Crippen LogP contribution in [0.4, 0.5) is 0 Å². The number of likely N-dealkylation sites (N-methyl/N-ethyl adjacent to an activating group) is 1. The SMILES string of the molecule is C/C=C\C1=C(CCCC)N(C2CCCCCCCCC2)N(C)C1C1CCCCCCCC1. The van der Waals surface area contributed by atoms with Gasteiger partial charge < -0.3 is 5.01 Å². The van der Waals surface area contributed by atoms with Crippen LogP contribution in [-0.2, 0) is 0 Å². The molecule has 2 saturated carbocycles. The van der Waals surface area contributed by atoms with Crippen LogP contribution in [0.5, 0.6) is 0 Å². The van der Waals surface area contributed by atoms with Crippen molar-refractivity contribution in [3.63, 3.8) is 0 Å². The molecule has 1 aliphatic heterocycles. The maximum Gasteiger partial charge on any atom is 0.0585 e. The van der Waals surface area contributed by atoms with Crippen LogP contribution in [-0.4, -0.2) is 29.1 Å². The number of hydrazine groups is 1. The van der Waals surface area contributed by atoms with E-state index in [2.05, 4.69) is 43.1 Å². The average molecular weight is 443 g/mol. The molecule has 0 saturated heterocycles. The summed E-state index contributed by atoms with van der Waals surface area (Å²) >= 11 is 0. The minimum absolute atomic E-state index is 0.603. The predicted molar refractivity (Wildman–Crippen MR) is 141 cm³/mol. The molecule has 32 heavy (non-hydrogen) atoms. The molecule has 0 N–H and O–H groups in total. The largest absolute Gasteiger partial charge is 0.306 e. The van der Waals surface area contributed by atoms with Gasteiger partial charge in [0.1, 0.15) is 0 Å². The Kier molecular flexibility index (Phi) is 11.7. The lowest BCUT2D eigenvalue weighted by atomic mass is 9.84. The van der Waals surface area contributed by atoms with Crippen LogP contribution in [0.3, 0.4) is 0 Å². The summed E-state index contributed by atoms with van der Waals surface area (Å²) in [5.74, 6) is 0.825. The number of allylic oxidation sites excluding steroid dienone is 2. The summed E-state index contributed by atoms with van der Waals surface area (Å²) in [5.41, 5.74) is 3.38. The van der Waals surface area contributed by atoms with Crippen LogP contribution in [0.15, 0.2) is 23.4 Å². The molecule has 2 nitrogen and oxygen atoms in total. The molecule has 3 aliphatic rings. The molecule has 0 aromatic heterocycles. The minimum Gasteiger partial charge on any atom is -0.306 e. The molecule has 2 fully saturated rings. The van der Waals surface area contributed by atoms with Gasteiger partial charge in [0.25, 0.3) is 0 Å². The van der Waals surface area contributed by atoms with Crippen molar-refractivity contribution in [1.82, 2.24) is 10.0 Å². The first-order chi connectivity index (χ1) is 15.8. The third kappa shape index (κ3) is 7.12. The number of hydrogen-bond donors (Lipinski definition) is 0. The van der Waals surface area contributed by atoms with Gasteiger partial charge >= 0.3 is 0 Å². The maximum absolute atomic E-state index is 2.86. The van der Waals surface area contributed by atoms with Gasteiger partial charge in [-0.15, -0.1) is 0 Å². The van der Waals surface area contributed by atoms with E-state index < -0.39 is 0 Å². The summed E-state index contributed by atoms with van der Waals surface area (Å²) in [6.07, 6.45) is 33.1. The fourth-order valence-corrected chi connectivity index (χ4v) is 6.86. The first-order valence-corrected chi connectivity index (χ1v) is 14.7. The van der Waals surface area contributed by atoms with E-state index in [9.17, 15) is 0 Å². The second-order valence-electron chi connectivity index (χ2n) is 11.0. The monoisotopic (exact) mass is 442 g/mol. The molecule has 0 bridgehead atoms. The van der Waals surface area contributed by atoms with E-state index in [-0.39, 0.29) is 0 Å². The Bertz CT molecular complexity index is 557. The van der Waals surface area contributed by atoms with Gasteiger partial charge in [0, 0.05) is 18.8 Å². The number of unbranched alkanes of at least 4 members (excludes halogenated alkanes) is 1. The highest BCUT2D eigenvalue weighted by Gasteiger charge is 2.41. The van der Waals surface area contributed by atoms with E-state index in [1.165, 1.54) is 128 Å². The quantitative estimate of drug-likeness (QED) is 0.404. The van der Waals surface area contributed by atoms with Crippen LogP contribution in [0.1, 0.15) is 142 Å². The Morgan fingerprint density at radius 1 is 0.750 bits per heavy atom. The zero-order valence-corrected chi connectivity index (χ0v) is 21.9. The molecule has 1 heterocycles. The molecule has 2 aliphatic carbocycles. The van der Waals surface area contributed by atoms with E-state index >= 15 is 0 Å². The summed E-state index contributed by atoms with van der Waals surface area (Å²) in [5, 5.41) is 5.63. The lowest BCUT2D eigenvalue weighted by molar-refractivity contribution is -0.0326. The van der Waals surface area contributed by atoms with Gasteiger partial charge in [-0.1, -0.05) is 109 Å². The number of hydrogen-bond acceptors (Lipinski definition) is 2. The summed E-state index contributed by atoms with van der Waals surface area (Å²) < 4.78 is 0. The summed E-state index contributed by atoms with van der Waals surface area (Å²) in [7, 11) is 2.46. The van der Waals surface area contributed by atoms with E-state index in [1.54, 1.807) is 11.3 Å². The first kappa shape index (κ1) is 25.9. The molecule has 0 spiro atoms. The fraction of sp³-hybridized carbons (Fsp3) is 0.867. The van der Waals surface area contributed by atoms with E-state index in [0.29, 0.717) is 12.1 Å². The topological polar surface area (TPSA) is 6.48 Å². The van der Waals surface area contributed by atoms with Crippen LogP contribution >= 0.6 is 0 Å². The van der Waals surface area contributed by atoms with Crippen LogP contribution in [0, 0.1) is 5.92 Å². The average Bonchev–Trinajstić information content (AvgIpc) is 3.14.